The number of hydrogen-bond donors (Lipinski definition) is 0. The van der Waals surface area contributed by atoms with Gasteiger partial charge in [-0.15, -0.1) is 0 Å². The van der Waals surface area contributed by atoms with Gasteiger partial charge >= 0.3 is 0 Å². The molecule has 0 unspecified atom stereocenters. The van der Waals surface area contributed by atoms with Crippen LogP contribution in [0.3, 0.4) is 0 Å². The monoisotopic (exact) mass is 504 g/mol. The van der Waals surface area contributed by atoms with Crippen LogP contribution in [0.4, 0.5) is 17.1 Å². The fourth-order valence-corrected chi connectivity index (χ4v) is 3.56. The Balaban J connectivity index is 1.66. The first kappa shape index (κ1) is 19.6. The first-order valence-electron chi connectivity index (χ1n) is 9.18. The quantitative estimate of drug-likeness (QED) is 0.271. The standard InChI is InChI=1S/C25H18Br2N2/c26-21-5-11-24(12-6-21)29(25-13-7-22(27)8-14-25)23-9-3-19(4-10-23)1-2-20-15-17-28-18-16-20/h1-18H/b2-1+. The van der Waals surface area contributed by atoms with E-state index in [1.807, 2.05) is 12.1 Å². The van der Waals surface area contributed by atoms with E-state index in [0.717, 1.165) is 37.1 Å². The van der Waals surface area contributed by atoms with Gasteiger partial charge < -0.3 is 4.90 Å². The van der Waals surface area contributed by atoms with Crippen LogP contribution in [0.5, 0.6) is 0 Å². The second kappa shape index (κ2) is 9.21. The van der Waals surface area contributed by atoms with Gasteiger partial charge in [0.2, 0.25) is 0 Å². The van der Waals surface area contributed by atoms with E-state index < -0.39 is 0 Å². The number of nitrogens with zero attached hydrogens (tertiary/aromatic N) is 2. The Morgan fingerprint density at radius 2 is 0.897 bits per heavy atom. The third-order valence-corrected chi connectivity index (χ3v) is 5.55. The highest BCUT2D eigenvalue weighted by Gasteiger charge is 2.12. The van der Waals surface area contributed by atoms with E-state index in [4.69, 9.17) is 0 Å². The summed E-state index contributed by atoms with van der Waals surface area (Å²) in [5.41, 5.74) is 5.61. The summed E-state index contributed by atoms with van der Waals surface area (Å²) in [6, 6.07) is 29.3. The van der Waals surface area contributed by atoms with Crippen molar-refractivity contribution in [2.75, 3.05) is 4.90 Å². The fourth-order valence-electron chi connectivity index (χ4n) is 3.03. The minimum absolute atomic E-state index is 1.06. The number of benzene rings is 3. The second-order valence-electron chi connectivity index (χ2n) is 6.49. The molecule has 4 rings (SSSR count). The van der Waals surface area contributed by atoms with Gasteiger partial charge in [0.05, 0.1) is 0 Å². The molecular formula is C25H18Br2N2. The van der Waals surface area contributed by atoms with Gasteiger partial charge in [0.25, 0.3) is 0 Å². The summed E-state index contributed by atoms with van der Waals surface area (Å²) in [4.78, 5) is 6.30. The topological polar surface area (TPSA) is 16.1 Å². The predicted molar refractivity (Wildman–Crippen MR) is 130 cm³/mol. The zero-order chi connectivity index (χ0) is 20.1. The van der Waals surface area contributed by atoms with Gasteiger partial charge in [-0.1, -0.05) is 56.1 Å². The zero-order valence-corrected chi connectivity index (χ0v) is 18.7. The Morgan fingerprint density at radius 3 is 1.34 bits per heavy atom. The lowest BCUT2D eigenvalue weighted by atomic mass is 10.1. The van der Waals surface area contributed by atoms with E-state index >= 15 is 0 Å². The van der Waals surface area contributed by atoms with Crippen LogP contribution in [0.15, 0.2) is 106 Å². The molecule has 0 fully saturated rings. The van der Waals surface area contributed by atoms with Gasteiger partial charge in [-0.2, -0.15) is 0 Å². The Bertz CT molecular complexity index is 1040. The van der Waals surface area contributed by atoms with E-state index in [-0.39, 0.29) is 0 Å². The lowest BCUT2D eigenvalue weighted by Crippen LogP contribution is -2.09. The lowest BCUT2D eigenvalue weighted by Gasteiger charge is -2.25. The maximum atomic E-state index is 4.05. The molecule has 0 saturated heterocycles. The highest BCUT2D eigenvalue weighted by atomic mass is 79.9. The Kier molecular flexibility index (Phi) is 6.23. The number of hydrogen-bond acceptors (Lipinski definition) is 2. The van der Waals surface area contributed by atoms with Gasteiger partial charge in [-0.05, 0) is 83.9 Å². The molecule has 0 aliphatic carbocycles. The van der Waals surface area contributed by atoms with Crippen LogP contribution >= 0.6 is 31.9 Å². The van der Waals surface area contributed by atoms with Crippen LogP contribution in [-0.2, 0) is 0 Å². The molecule has 0 N–H and O–H groups in total. The predicted octanol–water partition coefficient (Wildman–Crippen LogP) is 8.25. The van der Waals surface area contributed by atoms with Crippen molar-refractivity contribution in [2.45, 2.75) is 0 Å². The van der Waals surface area contributed by atoms with Crippen LogP contribution < -0.4 is 4.90 Å². The number of rotatable bonds is 5. The summed E-state index contributed by atoms with van der Waals surface area (Å²) in [7, 11) is 0. The zero-order valence-electron chi connectivity index (χ0n) is 15.5. The molecule has 0 radical (unpaired) electrons. The average molecular weight is 506 g/mol. The van der Waals surface area contributed by atoms with Crippen molar-refractivity contribution in [3.63, 3.8) is 0 Å². The fraction of sp³-hybridized carbons (Fsp3) is 0. The highest BCUT2D eigenvalue weighted by molar-refractivity contribution is 9.10. The van der Waals surface area contributed by atoms with Crippen molar-refractivity contribution in [2.24, 2.45) is 0 Å². The van der Waals surface area contributed by atoms with Crippen molar-refractivity contribution < 1.29 is 0 Å². The van der Waals surface area contributed by atoms with Gasteiger partial charge in [0.1, 0.15) is 0 Å². The molecule has 0 aliphatic heterocycles. The van der Waals surface area contributed by atoms with E-state index in [0.29, 0.717) is 0 Å². The lowest BCUT2D eigenvalue weighted by molar-refractivity contribution is 1.28. The SMILES string of the molecule is Brc1ccc(N(c2ccc(Br)cc2)c2ccc(/C=C/c3ccncc3)cc2)cc1. The summed E-state index contributed by atoms with van der Waals surface area (Å²) in [5.74, 6) is 0. The van der Waals surface area contributed by atoms with Crippen molar-refractivity contribution in [1.82, 2.24) is 4.98 Å². The number of anilines is 3. The molecule has 0 bridgehead atoms. The van der Waals surface area contributed by atoms with E-state index in [1.54, 1.807) is 12.4 Å². The molecule has 4 aromatic rings. The molecule has 4 heteroatoms. The first-order chi connectivity index (χ1) is 14.2. The van der Waals surface area contributed by atoms with Gasteiger partial charge in [-0.25, -0.2) is 0 Å². The second-order valence-corrected chi connectivity index (χ2v) is 8.33. The van der Waals surface area contributed by atoms with Gasteiger partial charge in [0, 0.05) is 38.4 Å². The Hall–Kier alpha value is -2.69. The molecule has 0 atom stereocenters. The van der Waals surface area contributed by atoms with Crippen molar-refractivity contribution >= 4 is 61.1 Å². The van der Waals surface area contributed by atoms with Crippen LogP contribution in [-0.4, -0.2) is 4.98 Å². The largest absolute Gasteiger partial charge is 0.311 e. The van der Waals surface area contributed by atoms with E-state index in [2.05, 4.69) is 127 Å². The molecule has 0 aliphatic rings. The maximum Gasteiger partial charge on any atom is 0.0462 e. The normalized spacial score (nSPS) is 11.0. The molecule has 1 aromatic heterocycles. The van der Waals surface area contributed by atoms with E-state index in [9.17, 15) is 0 Å². The number of aromatic nitrogens is 1. The number of halogens is 2. The van der Waals surface area contributed by atoms with Crippen LogP contribution in [0.1, 0.15) is 11.1 Å². The Labute approximate surface area is 187 Å². The summed E-state index contributed by atoms with van der Waals surface area (Å²) >= 11 is 7.05. The molecule has 29 heavy (non-hydrogen) atoms. The van der Waals surface area contributed by atoms with Crippen LogP contribution in [0.2, 0.25) is 0 Å². The van der Waals surface area contributed by atoms with Crippen molar-refractivity contribution in [1.29, 1.82) is 0 Å². The minimum Gasteiger partial charge on any atom is -0.311 e. The molecule has 1 heterocycles. The molecule has 0 amide bonds. The van der Waals surface area contributed by atoms with Crippen LogP contribution in [0, 0.1) is 0 Å². The van der Waals surface area contributed by atoms with E-state index in [1.165, 1.54) is 0 Å². The highest BCUT2D eigenvalue weighted by Crippen LogP contribution is 2.35. The van der Waals surface area contributed by atoms with Gasteiger partial charge in [0.15, 0.2) is 0 Å². The molecule has 0 saturated carbocycles. The third kappa shape index (κ3) is 5.03. The molecular weight excluding hydrogens is 488 g/mol. The van der Waals surface area contributed by atoms with Gasteiger partial charge in [-0.3, -0.25) is 4.98 Å². The number of pyridine rings is 1. The van der Waals surface area contributed by atoms with Crippen molar-refractivity contribution in [3.8, 4) is 0 Å². The first-order valence-corrected chi connectivity index (χ1v) is 10.8. The van der Waals surface area contributed by atoms with Crippen molar-refractivity contribution in [3.05, 3.63) is 117 Å². The van der Waals surface area contributed by atoms with Crippen LogP contribution in [0.25, 0.3) is 12.2 Å². The minimum atomic E-state index is 1.06. The third-order valence-electron chi connectivity index (χ3n) is 4.50. The molecule has 3 aromatic carbocycles. The molecule has 0 spiro atoms. The average Bonchev–Trinajstić information content (AvgIpc) is 2.77. The molecule has 2 nitrogen and oxygen atoms in total. The molecule has 142 valence electrons. The summed E-state index contributed by atoms with van der Waals surface area (Å²) in [5, 5.41) is 0. The Morgan fingerprint density at radius 1 is 0.517 bits per heavy atom. The summed E-state index contributed by atoms with van der Waals surface area (Å²) < 4.78 is 2.13. The summed E-state index contributed by atoms with van der Waals surface area (Å²) in [6.45, 7) is 0. The summed E-state index contributed by atoms with van der Waals surface area (Å²) in [6.07, 6.45) is 7.81. The maximum absolute atomic E-state index is 4.05. The smallest absolute Gasteiger partial charge is 0.0462 e.